The van der Waals surface area contributed by atoms with Crippen LogP contribution in [0.5, 0.6) is 0 Å². The Balaban J connectivity index is 2.40. The predicted molar refractivity (Wildman–Crippen MR) is 67.2 cm³/mol. The number of benzene rings is 1. The number of hydrogen-bond acceptors (Lipinski definition) is 2. The van der Waals surface area contributed by atoms with Crippen molar-refractivity contribution in [3.8, 4) is 0 Å². The van der Waals surface area contributed by atoms with E-state index in [1.54, 1.807) is 10.9 Å². The van der Waals surface area contributed by atoms with Crippen molar-refractivity contribution in [3.63, 3.8) is 0 Å². The summed E-state index contributed by atoms with van der Waals surface area (Å²) in [7, 11) is 1.83. The molecule has 2 rings (SSSR count). The normalized spacial score (nSPS) is 10.5. The first kappa shape index (κ1) is 11.6. The average molecular weight is 228 g/mol. The van der Waals surface area contributed by atoms with Crippen LogP contribution in [-0.2, 0) is 13.5 Å². The lowest BCUT2D eigenvalue weighted by Crippen LogP contribution is -2.02. The van der Waals surface area contributed by atoms with Gasteiger partial charge in [-0.05, 0) is 25.0 Å². The first-order valence-corrected chi connectivity index (χ1v) is 5.75. The molecule has 3 nitrogen and oxygen atoms in total. The van der Waals surface area contributed by atoms with Crippen molar-refractivity contribution in [1.82, 2.24) is 9.78 Å². The zero-order valence-corrected chi connectivity index (χ0v) is 10.4. The lowest BCUT2D eigenvalue weighted by atomic mass is 10.0. The molecule has 0 N–H and O–H groups in total. The zero-order chi connectivity index (χ0) is 12.4. The molecule has 0 unspecified atom stereocenters. The molecule has 88 valence electrons. The number of ketones is 1. The van der Waals surface area contributed by atoms with Gasteiger partial charge in [0.05, 0.1) is 11.3 Å². The van der Waals surface area contributed by atoms with Gasteiger partial charge in [-0.2, -0.15) is 5.10 Å². The van der Waals surface area contributed by atoms with Crippen LogP contribution in [0.2, 0.25) is 0 Å². The maximum absolute atomic E-state index is 12.3. The number of carbonyl (C=O) groups excluding carboxylic acids is 1. The van der Waals surface area contributed by atoms with Crippen LogP contribution in [-0.4, -0.2) is 15.6 Å². The van der Waals surface area contributed by atoms with E-state index in [4.69, 9.17) is 0 Å². The van der Waals surface area contributed by atoms with Gasteiger partial charge in [0.1, 0.15) is 0 Å². The van der Waals surface area contributed by atoms with Gasteiger partial charge in [-0.1, -0.05) is 25.1 Å². The maximum Gasteiger partial charge on any atom is 0.196 e. The summed E-state index contributed by atoms with van der Waals surface area (Å²) in [5.74, 6) is 0.0471. The van der Waals surface area contributed by atoms with E-state index >= 15 is 0 Å². The van der Waals surface area contributed by atoms with Gasteiger partial charge in [-0.3, -0.25) is 9.48 Å². The highest BCUT2D eigenvalue weighted by Crippen LogP contribution is 2.14. The number of rotatable bonds is 3. The molecular weight excluding hydrogens is 212 g/mol. The summed E-state index contributed by atoms with van der Waals surface area (Å²) < 4.78 is 1.67. The van der Waals surface area contributed by atoms with E-state index in [-0.39, 0.29) is 5.78 Å². The first-order valence-electron chi connectivity index (χ1n) is 5.75. The minimum absolute atomic E-state index is 0.0471. The molecule has 0 bridgehead atoms. The molecule has 0 atom stereocenters. The van der Waals surface area contributed by atoms with Crippen molar-refractivity contribution >= 4 is 5.78 Å². The first-order chi connectivity index (χ1) is 8.11. The summed E-state index contributed by atoms with van der Waals surface area (Å²) in [4.78, 5) is 12.3. The van der Waals surface area contributed by atoms with Gasteiger partial charge in [-0.25, -0.2) is 0 Å². The van der Waals surface area contributed by atoms with Gasteiger partial charge in [0.25, 0.3) is 0 Å². The SMILES string of the molecule is CCc1cccc(C(=O)c2cn(C)nc2C)c1. The Bertz CT molecular complexity index is 555. The van der Waals surface area contributed by atoms with E-state index < -0.39 is 0 Å². The number of hydrogen-bond donors (Lipinski definition) is 0. The number of carbonyl (C=O) groups is 1. The van der Waals surface area contributed by atoms with Crippen LogP contribution in [0.15, 0.2) is 30.5 Å². The van der Waals surface area contributed by atoms with Crippen molar-refractivity contribution < 1.29 is 4.79 Å². The highest BCUT2D eigenvalue weighted by molar-refractivity contribution is 6.09. The Morgan fingerprint density at radius 3 is 2.76 bits per heavy atom. The molecule has 17 heavy (non-hydrogen) atoms. The van der Waals surface area contributed by atoms with Crippen molar-refractivity contribution in [1.29, 1.82) is 0 Å². The maximum atomic E-state index is 12.3. The third kappa shape index (κ3) is 2.28. The van der Waals surface area contributed by atoms with Crippen molar-refractivity contribution in [3.05, 3.63) is 52.8 Å². The van der Waals surface area contributed by atoms with E-state index in [0.717, 1.165) is 17.7 Å². The van der Waals surface area contributed by atoms with Gasteiger partial charge in [0, 0.05) is 18.8 Å². The minimum Gasteiger partial charge on any atom is -0.288 e. The molecule has 1 aromatic heterocycles. The highest BCUT2D eigenvalue weighted by Gasteiger charge is 2.14. The molecule has 0 saturated carbocycles. The van der Waals surface area contributed by atoms with Crippen LogP contribution in [0.25, 0.3) is 0 Å². The topological polar surface area (TPSA) is 34.9 Å². The average Bonchev–Trinajstić information content (AvgIpc) is 2.67. The molecule has 3 heteroatoms. The molecule has 0 amide bonds. The number of nitrogens with zero attached hydrogens (tertiary/aromatic N) is 2. The summed E-state index contributed by atoms with van der Waals surface area (Å²) in [6, 6.07) is 7.77. The smallest absolute Gasteiger partial charge is 0.196 e. The number of aromatic nitrogens is 2. The third-order valence-corrected chi connectivity index (χ3v) is 2.86. The number of aryl methyl sites for hydroxylation is 3. The van der Waals surface area contributed by atoms with Crippen molar-refractivity contribution in [2.24, 2.45) is 7.05 Å². The Kier molecular flexibility index (Phi) is 3.09. The monoisotopic (exact) mass is 228 g/mol. The Morgan fingerprint density at radius 2 is 2.18 bits per heavy atom. The summed E-state index contributed by atoms with van der Waals surface area (Å²) in [5, 5.41) is 4.20. The molecule has 0 aliphatic heterocycles. The van der Waals surface area contributed by atoms with Crippen LogP contribution >= 0.6 is 0 Å². The second-order valence-corrected chi connectivity index (χ2v) is 4.18. The Hall–Kier alpha value is -1.90. The zero-order valence-electron chi connectivity index (χ0n) is 10.4. The molecule has 0 aliphatic carbocycles. The van der Waals surface area contributed by atoms with Crippen LogP contribution in [0.1, 0.15) is 34.1 Å². The van der Waals surface area contributed by atoms with Gasteiger partial charge in [0.2, 0.25) is 0 Å². The second-order valence-electron chi connectivity index (χ2n) is 4.18. The standard InChI is InChI=1S/C14H16N2O/c1-4-11-6-5-7-12(8-11)14(17)13-9-16(3)15-10(13)2/h5-9H,4H2,1-3H3. The van der Waals surface area contributed by atoms with E-state index in [2.05, 4.69) is 12.0 Å². The molecule has 1 heterocycles. The fourth-order valence-corrected chi connectivity index (χ4v) is 1.91. The van der Waals surface area contributed by atoms with E-state index in [1.165, 1.54) is 5.56 Å². The van der Waals surface area contributed by atoms with E-state index in [0.29, 0.717) is 5.56 Å². The Morgan fingerprint density at radius 1 is 1.41 bits per heavy atom. The molecule has 0 spiro atoms. The molecule has 1 aromatic carbocycles. The molecule has 2 aromatic rings. The van der Waals surface area contributed by atoms with Gasteiger partial charge < -0.3 is 0 Å². The lowest BCUT2D eigenvalue weighted by molar-refractivity contribution is 0.103. The van der Waals surface area contributed by atoms with Crippen LogP contribution in [0.4, 0.5) is 0 Å². The molecule has 0 radical (unpaired) electrons. The van der Waals surface area contributed by atoms with Gasteiger partial charge >= 0.3 is 0 Å². The molecule has 0 aliphatic rings. The quantitative estimate of drug-likeness (QED) is 0.757. The van der Waals surface area contributed by atoms with E-state index in [1.807, 2.05) is 38.2 Å². The third-order valence-electron chi connectivity index (χ3n) is 2.86. The van der Waals surface area contributed by atoms with Crippen LogP contribution in [0, 0.1) is 6.92 Å². The van der Waals surface area contributed by atoms with Gasteiger partial charge in [0.15, 0.2) is 5.78 Å². The van der Waals surface area contributed by atoms with Crippen molar-refractivity contribution in [2.75, 3.05) is 0 Å². The minimum atomic E-state index is 0.0471. The lowest BCUT2D eigenvalue weighted by Gasteiger charge is -2.02. The fourth-order valence-electron chi connectivity index (χ4n) is 1.91. The second kappa shape index (κ2) is 4.53. The van der Waals surface area contributed by atoms with Crippen LogP contribution in [0.3, 0.4) is 0 Å². The van der Waals surface area contributed by atoms with Gasteiger partial charge in [-0.15, -0.1) is 0 Å². The largest absolute Gasteiger partial charge is 0.288 e. The summed E-state index contributed by atoms with van der Waals surface area (Å²) >= 11 is 0. The predicted octanol–water partition coefficient (Wildman–Crippen LogP) is 2.52. The molecular formula is C14H16N2O. The van der Waals surface area contributed by atoms with Crippen LogP contribution < -0.4 is 0 Å². The summed E-state index contributed by atoms with van der Waals surface area (Å²) in [6.45, 7) is 3.94. The Labute approximate surface area is 101 Å². The van der Waals surface area contributed by atoms with E-state index in [9.17, 15) is 4.79 Å². The summed E-state index contributed by atoms with van der Waals surface area (Å²) in [5.41, 5.74) is 3.37. The molecule has 0 fully saturated rings. The highest BCUT2D eigenvalue weighted by atomic mass is 16.1. The van der Waals surface area contributed by atoms with Crippen molar-refractivity contribution in [2.45, 2.75) is 20.3 Å². The fraction of sp³-hybridized carbons (Fsp3) is 0.286. The molecule has 0 saturated heterocycles. The summed E-state index contributed by atoms with van der Waals surface area (Å²) in [6.07, 6.45) is 2.71.